The Morgan fingerprint density at radius 1 is 0.875 bits per heavy atom. The molecule has 0 radical (unpaired) electrons. The number of hydrogen-bond acceptors (Lipinski definition) is 13. The number of anilines is 1. The molecule has 5 rings (SSSR count). The molecular formula is C43H43N2O17PS. The second-order valence-corrected chi connectivity index (χ2v) is 17.8. The molecule has 3 unspecified atom stereocenters. The van der Waals surface area contributed by atoms with Crippen molar-refractivity contribution in [2.45, 2.75) is 44.1 Å². The Kier molecular flexibility index (Phi) is 16.4. The fourth-order valence-electron chi connectivity index (χ4n) is 6.90. The summed E-state index contributed by atoms with van der Waals surface area (Å²) in [4.78, 5) is 107. The molecule has 19 nitrogen and oxygen atoms in total. The van der Waals surface area contributed by atoms with Gasteiger partial charge in [0.15, 0.2) is 11.8 Å². The van der Waals surface area contributed by atoms with Crippen LogP contribution < -0.4 is 15.4 Å². The van der Waals surface area contributed by atoms with Crippen LogP contribution >= 0.6 is 19.4 Å². The number of ketones is 2. The summed E-state index contributed by atoms with van der Waals surface area (Å²) in [5.74, 6) is -9.21. The summed E-state index contributed by atoms with van der Waals surface area (Å²) in [5, 5.41) is 52.7. The Balaban J connectivity index is 1.06. The molecular weight excluding hydrogens is 880 g/mol. The van der Waals surface area contributed by atoms with E-state index in [1.807, 2.05) is 0 Å². The fourth-order valence-corrected chi connectivity index (χ4v) is 9.06. The van der Waals surface area contributed by atoms with Crippen LogP contribution in [0.25, 0.3) is 0 Å². The number of phenols is 1. The van der Waals surface area contributed by atoms with Crippen molar-refractivity contribution in [3.8, 4) is 11.5 Å². The first-order chi connectivity index (χ1) is 30.3. The van der Waals surface area contributed by atoms with E-state index in [4.69, 9.17) is 14.4 Å². The first kappa shape index (κ1) is 48.4. The summed E-state index contributed by atoms with van der Waals surface area (Å²) >= 11 is 1.20. The number of fused-ring (bicyclic) bond motifs is 2. The zero-order valence-electron chi connectivity index (χ0n) is 33.7. The van der Waals surface area contributed by atoms with E-state index in [0.717, 1.165) is 0 Å². The van der Waals surface area contributed by atoms with Crippen LogP contribution in [0, 0.1) is 11.8 Å². The molecule has 3 aromatic rings. The molecule has 8 N–H and O–H groups in total. The van der Waals surface area contributed by atoms with Crippen LogP contribution in [0.5, 0.6) is 11.5 Å². The highest BCUT2D eigenvalue weighted by Gasteiger charge is 2.39. The molecule has 5 atom stereocenters. The van der Waals surface area contributed by atoms with Crippen molar-refractivity contribution in [2.24, 2.45) is 11.8 Å². The third kappa shape index (κ3) is 13.5. The maximum Gasteiger partial charge on any atom is 0.336 e. The van der Waals surface area contributed by atoms with Crippen LogP contribution in [0.2, 0.25) is 0 Å². The van der Waals surface area contributed by atoms with E-state index >= 15 is 0 Å². The minimum absolute atomic E-state index is 0.0246. The number of hydrogen-bond donors (Lipinski definition) is 8. The smallest absolute Gasteiger partial charge is 0.336 e. The van der Waals surface area contributed by atoms with Crippen molar-refractivity contribution >= 4 is 72.3 Å². The highest BCUT2D eigenvalue weighted by Crippen LogP contribution is 2.49. The van der Waals surface area contributed by atoms with E-state index in [0.29, 0.717) is 34.6 Å². The van der Waals surface area contributed by atoms with Crippen molar-refractivity contribution in [1.82, 2.24) is 5.32 Å². The van der Waals surface area contributed by atoms with Gasteiger partial charge in [-0.05, 0) is 60.4 Å². The lowest BCUT2D eigenvalue weighted by Gasteiger charge is -2.35. The van der Waals surface area contributed by atoms with E-state index < -0.39 is 92.7 Å². The standard InChI is InChI=1S/C43H43N2O17PS/c46-27(8-3-23-1-4-24(5-2-23)40(52)45-34(43(57)58)20-61-63(59,60)21-25(41(53)54)6-14-38(50)51)15-16-64-22-37(49)44-26-7-11-30(33(17-26)42(55)56)39-31-12-9-28(47)18-35(31)62-36-19-29(48)10-13-32(36)39/h1-2,4-5,7,9-13,17-19,25,31,34,39,48H,3,6,8,14-16,20-22H2,(H,44,49)(H,45,52)(H,50,51)(H,53,54)(H,55,56)(H,57,58)(H,59,60)/t25-,31?,34+,39?/m1/s1. The molecule has 2 amide bonds. The average molecular weight is 923 g/mol. The number of Topliss-reactive ketones (excluding diaryl/α,β-unsaturated/α-hetero) is 1. The second-order valence-electron chi connectivity index (χ2n) is 14.8. The van der Waals surface area contributed by atoms with Gasteiger partial charge in [-0.2, -0.15) is 11.8 Å². The molecule has 21 heteroatoms. The highest BCUT2D eigenvalue weighted by atomic mass is 32.2. The Hall–Kier alpha value is -6.60. The number of carboxylic acids is 4. The van der Waals surface area contributed by atoms with Gasteiger partial charge in [0, 0.05) is 65.8 Å². The number of aromatic carboxylic acids is 1. The molecule has 338 valence electrons. The van der Waals surface area contributed by atoms with Crippen LogP contribution in [0.15, 0.2) is 84.7 Å². The third-order valence-corrected chi connectivity index (χ3v) is 12.5. The Bertz CT molecular complexity index is 2450. The summed E-state index contributed by atoms with van der Waals surface area (Å²) in [6, 6.07) is 13.1. The minimum atomic E-state index is -4.71. The Labute approximate surface area is 368 Å². The number of phenolic OH excluding ortho intramolecular Hbond substituents is 1. The van der Waals surface area contributed by atoms with Crippen LogP contribution in [0.1, 0.15) is 69.0 Å². The van der Waals surface area contributed by atoms with Gasteiger partial charge in [-0.15, -0.1) is 0 Å². The third-order valence-electron chi connectivity index (χ3n) is 10.1. The molecule has 1 heterocycles. The lowest BCUT2D eigenvalue weighted by molar-refractivity contribution is -0.143. The number of allylic oxidation sites excluding steroid dienone is 3. The van der Waals surface area contributed by atoms with Crippen molar-refractivity contribution in [3.63, 3.8) is 0 Å². The predicted molar refractivity (Wildman–Crippen MR) is 228 cm³/mol. The van der Waals surface area contributed by atoms with Crippen LogP contribution in [0.3, 0.4) is 0 Å². The molecule has 0 saturated carbocycles. The molecule has 3 aromatic carbocycles. The van der Waals surface area contributed by atoms with Crippen molar-refractivity contribution in [3.05, 3.63) is 112 Å². The van der Waals surface area contributed by atoms with Gasteiger partial charge in [-0.3, -0.25) is 33.3 Å². The van der Waals surface area contributed by atoms with Crippen LogP contribution in [-0.4, -0.2) is 108 Å². The molecule has 1 aliphatic heterocycles. The van der Waals surface area contributed by atoms with Crippen LogP contribution in [-0.2, 0) is 44.3 Å². The molecule has 0 fully saturated rings. The van der Waals surface area contributed by atoms with Gasteiger partial charge in [0.25, 0.3) is 5.91 Å². The van der Waals surface area contributed by atoms with Gasteiger partial charge in [-0.1, -0.05) is 30.3 Å². The number of aryl methyl sites for hydroxylation is 1. The SMILES string of the molecule is O=C1C=CC2C(=C1)Oc1cc(O)ccc1C2c1ccc(NC(=O)CSCCC(=O)CCc2ccc(C(=O)N[C@@H](COP(=O)(O)C[C@@H](CCC(=O)O)C(=O)O)C(=O)O)cc2)cc1C(=O)O. The van der Waals surface area contributed by atoms with Gasteiger partial charge in [0.05, 0.1) is 30.0 Å². The number of carbonyl (C=O) groups excluding carboxylic acids is 4. The zero-order valence-corrected chi connectivity index (χ0v) is 35.4. The van der Waals surface area contributed by atoms with Gasteiger partial charge in [0.2, 0.25) is 5.91 Å². The minimum Gasteiger partial charge on any atom is -0.508 e. The Morgan fingerprint density at radius 3 is 2.27 bits per heavy atom. The number of benzene rings is 3. The van der Waals surface area contributed by atoms with E-state index in [-0.39, 0.29) is 58.5 Å². The average Bonchev–Trinajstić information content (AvgIpc) is 3.23. The van der Waals surface area contributed by atoms with E-state index in [2.05, 4.69) is 10.6 Å². The first-order valence-electron chi connectivity index (χ1n) is 19.5. The predicted octanol–water partition coefficient (Wildman–Crippen LogP) is 4.47. The number of carboxylic acid groups (broad SMARTS) is 4. The normalized spacial score (nSPS) is 17.0. The molecule has 1 aliphatic carbocycles. The highest BCUT2D eigenvalue weighted by molar-refractivity contribution is 7.99. The van der Waals surface area contributed by atoms with Crippen molar-refractivity contribution < 1.29 is 82.6 Å². The topological polar surface area (TPSA) is 318 Å². The van der Waals surface area contributed by atoms with Crippen molar-refractivity contribution in [2.75, 3.05) is 29.6 Å². The number of aliphatic carboxylic acids is 3. The molecule has 0 saturated heterocycles. The zero-order chi connectivity index (χ0) is 46.7. The number of ether oxygens (including phenoxy) is 1. The maximum absolute atomic E-state index is 12.8. The first-order valence-corrected chi connectivity index (χ1v) is 22.5. The van der Waals surface area contributed by atoms with E-state index in [9.17, 15) is 68.2 Å². The van der Waals surface area contributed by atoms with Gasteiger partial charge in [0.1, 0.15) is 23.0 Å². The molecule has 0 spiro atoms. The molecule has 0 bridgehead atoms. The summed E-state index contributed by atoms with van der Waals surface area (Å²) in [6.45, 7) is -0.990. The lowest BCUT2D eigenvalue weighted by atomic mass is 9.74. The fraction of sp³-hybridized carbons (Fsp3) is 0.302. The number of nitrogens with one attached hydrogen (secondary N) is 2. The second kappa shape index (κ2) is 21.7. The van der Waals surface area contributed by atoms with Gasteiger partial charge >= 0.3 is 31.5 Å². The Morgan fingerprint density at radius 2 is 1.59 bits per heavy atom. The molecule has 64 heavy (non-hydrogen) atoms. The van der Waals surface area contributed by atoms with E-state index in [1.54, 1.807) is 36.4 Å². The van der Waals surface area contributed by atoms with Crippen molar-refractivity contribution in [1.29, 1.82) is 0 Å². The number of aromatic hydroxyl groups is 1. The number of rotatable bonds is 23. The van der Waals surface area contributed by atoms with Gasteiger partial charge in [-0.25, -0.2) is 9.59 Å². The van der Waals surface area contributed by atoms with Crippen LogP contribution in [0.4, 0.5) is 5.69 Å². The molecule has 2 aliphatic rings. The summed E-state index contributed by atoms with van der Waals surface area (Å²) in [5.41, 5.74) is 1.86. The lowest BCUT2D eigenvalue weighted by Crippen LogP contribution is -2.44. The number of thioether (sulfide) groups is 1. The summed E-state index contributed by atoms with van der Waals surface area (Å²) in [6.07, 6.45) is 2.93. The monoisotopic (exact) mass is 922 g/mol. The van der Waals surface area contributed by atoms with Gasteiger partial charge < -0.3 is 50.3 Å². The summed E-state index contributed by atoms with van der Waals surface area (Å²) in [7, 11) is -4.71. The maximum atomic E-state index is 12.8. The largest absolute Gasteiger partial charge is 0.508 e. The summed E-state index contributed by atoms with van der Waals surface area (Å²) < 4.78 is 23.2. The molecule has 0 aromatic heterocycles. The van der Waals surface area contributed by atoms with E-state index in [1.165, 1.54) is 54.2 Å². The number of amides is 2. The number of carbonyl (C=O) groups is 8. The quantitative estimate of drug-likeness (QED) is 0.0480.